The topological polar surface area (TPSA) is 6.48 Å². The van der Waals surface area contributed by atoms with E-state index in [4.69, 9.17) is 0 Å². The van der Waals surface area contributed by atoms with Crippen molar-refractivity contribution in [2.45, 2.75) is 25.4 Å². The van der Waals surface area contributed by atoms with Gasteiger partial charge in [0.15, 0.2) is 0 Å². The Balaban J connectivity index is 2.11. The van der Waals surface area contributed by atoms with Crippen molar-refractivity contribution in [1.82, 2.24) is 0 Å². The average molecular weight is 339 g/mol. The van der Waals surface area contributed by atoms with Crippen LogP contribution in [0.4, 0.5) is 11.4 Å². The van der Waals surface area contributed by atoms with Crippen molar-refractivity contribution in [3.05, 3.63) is 72.1 Å². The predicted octanol–water partition coefficient (Wildman–Crippen LogP) is 4.97. The average Bonchev–Trinajstić information content (AvgIpc) is 2.66. The summed E-state index contributed by atoms with van der Waals surface area (Å²) >= 11 is -2.40. The van der Waals surface area contributed by atoms with E-state index < -0.39 is 13.7 Å². The van der Waals surface area contributed by atoms with E-state index in [0.717, 1.165) is 0 Å². The fourth-order valence-corrected chi connectivity index (χ4v) is 11.2. The number of allylic oxidation sites excluding steroid dienone is 2. The molecule has 108 valence electrons. The summed E-state index contributed by atoms with van der Waals surface area (Å²) in [6.07, 6.45) is 0. The Morgan fingerprint density at radius 1 is 0.619 bits per heavy atom. The first kappa shape index (κ1) is 14.3. The zero-order valence-corrected chi connectivity index (χ0v) is 15.3. The van der Waals surface area contributed by atoms with Crippen LogP contribution in [0.5, 0.6) is 0 Å². The van der Waals surface area contributed by atoms with Crippen molar-refractivity contribution in [2.75, 3.05) is 7.71 Å². The summed E-state index contributed by atoms with van der Waals surface area (Å²) in [5, 5.41) is 0. The fourth-order valence-electron chi connectivity index (χ4n) is 3.42. The van der Waals surface area contributed by atoms with Crippen LogP contribution in [-0.2, 0) is 0 Å². The molecule has 21 heavy (non-hydrogen) atoms. The zero-order chi connectivity index (χ0) is 15.0. The molecule has 0 bridgehead atoms. The van der Waals surface area contributed by atoms with Gasteiger partial charge in [0.25, 0.3) is 0 Å². The van der Waals surface area contributed by atoms with E-state index in [0.29, 0.717) is 0 Å². The van der Waals surface area contributed by atoms with Crippen molar-refractivity contribution < 1.29 is 0 Å². The monoisotopic (exact) mass is 340 g/mol. The van der Waals surface area contributed by atoms with Gasteiger partial charge in [-0.25, -0.2) is 0 Å². The van der Waals surface area contributed by atoms with Gasteiger partial charge in [0, 0.05) is 0 Å². The van der Waals surface area contributed by atoms with E-state index in [1.54, 1.807) is 0 Å². The molecular formula is C18H22GeN2. The molecule has 0 fully saturated rings. The summed E-state index contributed by atoms with van der Waals surface area (Å²) in [6, 6.07) is 21.6. The molecule has 0 spiro atoms. The van der Waals surface area contributed by atoms with Gasteiger partial charge in [-0.1, -0.05) is 0 Å². The van der Waals surface area contributed by atoms with Gasteiger partial charge in [0.05, 0.1) is 0 Å². The molecule has 2 nitrogen and oxygen atoms in total. The van der Waals surface area contributed by atoms with Gasteiger partial charge >= 0.3 is 130 Å². The van der Waals surface area contributed by atoms with Crippen LogP contribution in [0, 0.1) is 0 Å². The molecule has 0 atom stereocenters. The van der Waals surface area contributed by atoms with Gasteiger partial charge in [-0.3, -0.25) is 0 Å². The molecular weight excluding hydrogens is 317 g/mol. The van der Waals surface area contributed by atoms with Crippen LogP contribution in [0.3, 0.4) is 0 Å². The maximum atomic E-state index is 2.60. The fraction of sp³-hybridized carbons (Fsp3) is 0.222. The summed E-state index contributed by atoms with van der Waals surface area (Å²) in [7, 11) is 0. The van der Waals surface area contributed by atoms with E-state index in [1.807, 2.05) is 0 Å². The Bertz CT molecular complexity index is 605. The zero-order valence-electron chi connectivity index (χ0n) is 13.2. The van der Waals surface area contributed by atoms with Crippen LogP contribution in [0.25, 0.3) is 0 Å². The minimum atomic E-state index is -2.40. The Kier molecular flexibility index (Phi) is 3.58. The predicted molar refractivity (Wildman–Crippen MR) is 93.7 cm³/mol. The van der Waals surface area contributed by atoms with Crippen molar-refractivity contribution in [1.29, 1.82) is 0 Å². The number of hydrogen-bond acceptors (Lipinski definition) is 2. The molecule has 1 aliphatic rings. The maximum absolute atomic E-state index is 2.60. The van der Waals surface area contributed by atoms with E-state index in [9.17, 15) is 0 Å². The second-order valence-corrected chi connectivity index (χ2v) is 14.2. The standard InChI is InChI=1S/C18H22GeN2/c1-15-16(2)21(18-13-9-6-10-14-18)19(3,4)20(15)17-11-7-5-8-12-17/h5-14H,1-4H3. The molecule has 0 saturated carbocycles. The van der Waals surface area contributed by atoms with Gasteiger partial charge in [-0.15, -0.1) is 0 Å². The molecule has 0 N–H and O–H groups in total. The molecule has 0 aromatic heterocycles. The Morgan fingerprint density at radius 2 is 0.952 bits per heavy atom. The molecule has 2 aromatic carbocycles. The Morgan fingerprint density at radius 3 is 1.29 bits per heavy atom. The normalized spacial score (nSPS) is 17.5. The van der Waals surface area contributed by atoms with Gasteiger partial charge in [-0.2, -0.15) is 0 Å². The number of hydrogen-bond donors (Lipinski definition) is 0. The van der Waals surface area contributed by atoms with Gasteiger partial charge in [0.2, 0.25) is 0 Å². The van der Waals surface area contributed by atoms with E-state index in [-0.39, 0.29) is 0 Å². The Hall–Kier alpha value is -1.68. The first-order valence-electron chi connectivity index (χ1n) is 7.41. The number of para-hydroxylation sites is 2. The molecule has 2 aromatic rings. The molecule has 3 rings (SSSR count). The minimum absolute atomic E-state index is 1.32. The van der Waals surface area contributed by atoms with Crippen LogP contribution in [-0.4, -0.2) is 13.7 Å². The molecule has 1 heterocycles. The summed E-state index contributed by atoms with van der Waals surface area (Å²) in [5.41, 5.74) is 5.40. The van der Waals surface area contributed by atoms with Crippen LogP contribution >= 0.6 is 0 Å². The SMILES string of the molecule is CC1=C(C)[N](c2ccccc2)[Ge]([CH3])([CH3])[N]1c1ccccc1. The second kappa shape index (κ2) is 5.26. The molecule has 0 saturated heterocycles. The summed E-state index contributed by atoms with van der Waals surface area (Å²) < 4.78 is 5.20. The van der Waals surface area contributed by atoms with Crippen LogP contribution < -0.4 is 7.71 Å². The van der Waals surface area contributed by atoms with Crippen LogP contribution in [0.1, 0.15) is 13.8 Å². The van der Waals surface area contributed by atoms with Crippen molar-refractivity contribution in [2.24, 2.45) is 0 Å². The molecule has 0 amide bonds. The van der Waals surface area contributed by atoms with Crippen molar-refractivity contribution >= 4 is 25.1 Å². The quantitative estimate of drug-likeness (QED) is 0.713. The second-order valence-electron chi connectivity index (χ2n) is 6.01. The third kappa shape index (κ3) is 2.28. The molecule has 1 aliphatic heterocycles. The number of rotatable bonds is 2. The molecule has 3 heteroatoms. The summed E-state index contributed by atoms with van der Waals surface area (Å²) in [5.74, 6) is 4.92. The first-order valence-corrected chi connectivity index (χ1v) is 13.5. The third-order valence-corrected chi connectivity index (χ3v) is 11.4. The number of nitrogens with zero attached hydrogens (tertiary/aromatic N) is 2. The van der Waals surface area contributed by atoms with Crippen LogP contribution in [0.15, 0.2) is 72.1 Å². The van der Waals surface area contributed by atoms with Crippen LogP contribution in [0.2, 0.25) is 11.5 Å². The van der Waals surface area contributed by atoms with Gasteiger partial charge in [0.1, 0.15) is 0 Å². The molecule has 0 radical (unpaired) electrons. The summed E-state index contributed by atoms with van der Waals surface area (Å²) in [6.45, 7) is 4.50. The third-order valence-electron chi connectivity index (χ3n) is 4.32. The molecule has 0 unspecified atom stereocenters. The number of anilines is 2. The van der Waals surface area contributed by atoms with Gasteiger partial charge < -0.3 is 0 Å². The Labute approximate surface area is 130 Å². The van der Waals surface area contributed by atoms with Gasteiger partial charge in [-0.05, 0) is 0 Å². The van der Waals surface area contributed by atoms with Crippen molar-refractivity contribution in [3.63, 3.8) is 0 Å². The summed E-state index contributed by atoms with van der Waals surface area (Å²) in [4.78, 5) is 0. The molecule has 0 aliphatic carbocycles. The number of benzene rings is 2. The van der Waals surface area contributed by atoms with Crippen molar-refractivity contribution in [3.8, 4) is 0 Å². The first-order chi connectivity index (χ1) is 10.0. The van der Waals surface area contributed by atoms with E-state index >= 15 is 0 Å². The van der Waals surface area contributed by atoms with E-state index in [2.05, 4.69) is 93.7 Å². The van der Waals surface area contributed by atoms with E-state index in [1.165, 1.54) is 22.8 Å².